The summed E-state index contributed by atoms with van der Waals surface area (Å²) < 4.78 is 0. The number of rotatable bonds is 10. The summed E-state index contributed by atoms with van der Waals surface area (Å²) in [5.74, 6) is -1.21. The molecule has 5 aromatic carbocycles. The van der Waals surface area contributed by atoms with Crippen molar-refractivity contribution in [1.29, 1.82) is 0 Å². The second-order valence-electron chi connectivity index (χ2n) is 10.8. The lowest BCUT2D eigenvalue weighted by molar-refractivity contribution is -0.115. The Hall–Kier alpha value is -4.93. The maximum atomic E-state index is 13.4. The van der Waals surface area contributed by atoms with Crippen molar-refractivity contribution in [2.75, 3.05) is 10.6 Å². The van der Waals surface area contributed by atoms with E-state index in [2.05, 4.69) is 45.2 Å². The van der Waals surface area contributed by atoms with Crippen molar-refractivity contribution in [3.8, 4) is 11.3 Å². The minimum Gasteiger partial charge on any atom is -0.321 e. The first-order valence-electron chi connectivity index (χ1n) is 15.1. The number of thiazole rings is 1. The number of hydrogen-bond acceptors (Lipinski definition) is 6. The Morgan fingerprint density at radius 2 is 1.49 bits per heavy atom. The number of nitrogens with zero attached hydrogens (tertiary/aromatic N) is 1. The summed E-state index contributed by atoms with van der Waals surface area (Å²) in [7, 11) is 0. The molecule has 7 nitrogen and oxygen atoms in total. The Morgan fingerprint density at radius 1 is 0.796 bits per heavy atom. The lowest BCUT2D eigenvalue weighted by atomic mass is 10.1. The minimum absolute atomic E-state index is 0.0430. The highest BCUT2D eigenvalue weighted by atomic mass is 35.5. The molecule has 6 rings (SSSR count). The zero-order chi connectivity index (χ0) is 34.3. The fraction of sp³-hybridized carbons (Fsp3) is 0.0526. The van der Waals surface area contributed by atoms with Crippen molar-refractivity contribution in [1.82, 2.24) is 10.3 Å². The fourth-order valence-electron chi connectivity index (χ4n) is 4.83. The minimum atomic E-state index is -0.570. The molecule has 49 heavy (non-hydrogen) atoms. The van der Waals surface area contributed by atoms with Crippen LogP contribution < -0.4 is 16.0 Å². The number of thioether (sulfide) groups is 1. The summed E-state index contributed by atoms with van der Waals surface area (Å²) in [4.78, 5) is 44.9. The van der Waals surface area contributed by atoms with Crippen molar-refractivity contribution in [3.63, 3.8) is 0 Å². The van der Waals surface area contributed by atoms with Crippen LogP contribution >= 0.6 is 46.3 Å². The normalized spacial score (nSPS) is 11.9. The van der Waals surface area contributed by atoms with Crippen molar-refractivity contribution >= 4 is 91.7 Å². The number of anilines is 2. The molecule has 0 saturated carbocycles. The number of hydrogen-bond donors (Lipinski definition) is 3. The molecule has 6 aromatic rings. The molecule has 11 heteroatoms. The van der Waals surface area contributed by atoms with E-state index in [0.29, 0.717) is 32.0 Å². The number of aromatic nitrogens is 1. The third kappa shape index (κ3) is 8.57. The first kappa shape index (κ1) is 34.0. The number of nitrogens with one attached hydrogen (secondary N) is 3. The summed E-state index contributed by atoms with van der Waals surface area (Å²) in [5.41, 5.74) is 3.01. The van der Waals surface area contributed by atoms with Crippen LogP contribution in [-0.4, -0.2) is 28.0 Å². The highest BCUT2D eigenvalue weighted by molar-refractivity contribution is 8.00. The van der Waals surface area contributed by atoms with E-state index in [0.717, 1.165) is 26.9 Å². The van der Waals surface area contributed by atoms with E-state index in [1.807, 2.05) is 42.6 Å². The van der Waals surface area contributed by atoms with E-state index in [-0.39, 0.29) is 11.6 Å². The molecule has 0 radical (unpaired) electrons. The van der Waals surface area contributed by atoms with Gasteiger partial charge in [0, 0.05) is 42.7 Å². The maximum Gasteiger partial charge on any atom is 0.272 e. The molecule has 1 atom stereocenters. The van der Waals surface area contributed by atoms with Crippen molar-refractivity contribution < 1.29 is 14.4 Å². The molecule has 244 valence electrons. The van der Waals surface area contributed by atoms with Crippen LogP contribution in [0.5, 0.6) is 0 Å². The number of benzene rings is 5. The van der Waals surface area contributed by atoms with E-state index in [1.165, 1.54) is 29.2 Å². The maximum absolute atomic E-state index is 13.4. The Balaban J connectivity index is 1.09. The Labute approximate surface area is 301 Å². The molecule has 1 heterocycles. The lowest BCUT2D eigenvalue weighted by Gasteiger charge is -2.13. The summed E-state index contributed by atoms with van der Waals surface area (Å²) >= 11 is 15.5. The van der Waals surface area contributed by atoms with Crippen LogP contribution in [0.25, 0.3) is 28.1 Å². The molecule has 0 aliphatic rings. The van der Waals surface area contributed by atoms with Crippen LogP contribution in [0.2, 0.25) is 10.0 Å². The van der Waals surface area contributed by atoms with E-state index in [1.54, 1.807) is 60.7 Å². The van der Waals surface area contributed by atoms with Crippen LogP contribution in [-0.2, 0) is 9.59 Å². The van der Waals surface area contributed by atoms with Gasteiger partial charge in [0.1, 0.15) is 5.70 Å². The van der Waals surface area contributed by atoms with Gasteiger partial charge in [-0.05, 0) is 78.4 Å². The zero-order valence-corrected chi connectivity index (χ0v) is 29.1. The highest BCUT2D eigenvalue weighted by Gasteiger charge is 2.19. The van der Waals surface area contributed by atoms with Crippen molar-refractivity contribution in [2.45, 2.75) is 17.1 Å². The second-order valence-corrected chi connectivity index (χ2v) is 13.9. The second kappa shape index (κ2) is 15.5. The van der Waals surface area contributed by atoms with E-state index in [4.69, 9.17) is 23.2 Å². The molecule has 0 aliphatic heterocycles. The third-order valence-corrected chi connectivity index (χ3v) is 9.92. The fourth-order valence-corrected chi connectivity index (χ4v) is 6.92. The molecule has 0 fully saturated rings. The van der Waals surface area contributed by atoms with Gasteiger partial charge in [-0.1, -0.05) is 83.9 Å². The van der Waals surface area contributed by atoms with Gasteiger partial charge in [0.15, 0.2) is 5.13 Å². The van der Waals surface area contributed by atoms with E-state index in [9.17, 15) is 14.4 Å². The van der Waals surface area contributed by atoms with E-state index >= 15 is 0 Å². The van der Waals surface area contributed by atoms with Crippen molar-refractivity contribution in [2.24, 2.45) is 0 Å². The van der Waals surface area contributed by atoms with Crippen LogP contribution in [0.1, 0.15) is 22.8 Å². The van der Waals surface area contributed by atoms with Crippen LogP contribution in [0.3, 0.4) is 0 Å². The van der Waals surface area contributed by atoms with Gasteiger partial charge in [-0.3, -0.25) is 14.4 Å². The van der Waals surface area contributed by atoms with Gasteiger partial charge >= 0.3 is 0 Å². The predicted molar refractivity (Wildman–Crippen MR) is 202 cm³/mol. The van der Waals surface area contributed by atoms with Crippen LogP contribution in [0, 0.1) is 0 Å². The smallest absolute Gasteiger partial charge is 0.272 e. The first-order chi connectivity index (χ1) is 23.7. The largest absolute Gasteiger partial charge is 0.321 e. The molecular weight excluding hydrogens is 695 g/mol. The zero-order valence-electron chi connectivity index (χ0n) is 25.9. The van der Waals surface area contributed by atoms with Gasteiger partial charge < -0.3 is 16.0 Å². The number of halogens is 2. The summed E-state index contributed by atoms with van der Waals surface area (Å²) in [5, 5.41) is 13.4. The molecule has 0 spiro atoms. The Bertz CT molecular complexity index is 2170. The molecule has 0 saturated heterocycles. The Morgan fingerprint density at radius 3 is 2.22 bits per heavy atom. The van der Waals surface area contributed by atoms with Crippen molar-refractivity contribution in [3.05, 3.63) is 148 Å². The van der Waals surface area contributed by atoms with Gasteiger partial charge in [0.25, 0.3) is 11.8 Å². The number of carbonyl (C=O) groups excluding carboxylic acids is 3. The predicted octanol–water partition coefficient (Wildman–Crippen LogP) is 9.80. The summed E-state index contributed by atoms with van der Waals surface area (Å²) in [6, 6.07) is 34.9. The molecule has 3 amide bonds. The molecule has 1 unspecified atom stereocenters. The standard InChI is InChI=1S/C38H28Cl2N4O3S2/c1-23(35(45)44-38-43-34(22-48-38)27-15-14-24-8-5-6-11-26(24)20-27)49-29-18-16-28(17-19-29)41-37(47)33(21-30-31(39)12-7-13-32(30)40)42-36(46)25-9-3-2-4-10-25/h2-23H,1H3,(H,41,47)(H,42,46)(H,43,44,45)/b33-21-. The number of amides is 3. The molecule has 0 bridgehead atoms. The quantitative estimate of drug-likeness (QED) is 0.0966. The van der Waals surface area contributed by atoms with Crippen LogP contribution in [0.15, 0.2) is 131 Å². The van der Waals surface area contributed by atoms with Gasteiger partial charge in [0.05, 0.1) is 10.9 Å². The summed E-state index contributed by atoms with van der Waals surface area (Å²) in [6.07, 6.45) is 1.44. The van der Waals surface area contributed by atoms with E-state index < -0.39 is 17.1 Å². The summed E-state index contributed by atoms with van der Waals surface area (Å²) in [6.45, 7) is 1.82. The average molecular weight is 724 g/mol. The Kier molecular flexibility index (Phi) is 10.8. The SMILES string of the molecule is CC(Sc1ccc(NC(=O)/C(=C/c2c(Cl)cccc2Cl)NC(=O)c2ccccc2)cc1)C(=O)Nc1nc(-c2ccc3ccccc3c2)cs1. The topological polar surface area (TPSA) is 100 Å². The monoisotopic (exact) mass is 722 g/mol. The number of fused-ring (bicyclic) bond motifs is 1. The molecular formula is C38H28Cl2N4O3S2. The highest BCUT2D eigenvalue weighted by Crippen LogP contribution is 2.30. The molecule has 3 N–H and O–H groups in total. The first-order valence-corrected chi connectivity index (χ1v) is 17.6. The lowest BCUT2D eigenvalue weighted by Crippen LogP contribution is -2.30. The average Bonchev–Trinajstić information content (AvgIpc) is 3.58. The third-order valence-electron chi connectivity index (χ3n) is 7.39. The van der Waals surface area contributed by atoms with Gasteiger partial charge in [-0.2, -0.15) is 0 Å². The molecule has 0 aliphatic carbocycles. The number of carbonyl (C=O) groups is 3. The van der Waals surface area contributed by atoms with Crippen LogP contribution in [0.4, 0.5) is 10.8 Å². The van der Waals surface area contributed by atoms with Gasteiger partial charge in [-0.15, -0.1) is 23.1 Å². The van der Waals surface area contributed by atoms with Gasteiger partial charge in [-0.25, -0.2) is 4.98 Å². The molecule has 1 aromatic heterocycles. The van der Waals surface area contributed by atoms with Gasteiger partial charge in [0.2, 0.25) is 5.91 Å².